The van der Waals surface area contributed by atoms with Gasteiger partial charge in [0, 0.05) is 12.0 Å². The van der Waals surface area contributed by atoms with E-state index in [2.05, 4.69) is 0 Å². The first-order valence-electron chi connectivity index (χ1n) is 6.25. The van der Waals surface area contributed by atoms with Crippen molar-refractivity contribution < 1.29 is 4.74 Å². The van der Waals surface area contributed by atoms with Crippen LogP contribution in [0.4, 0.5) is 5.82 Å². The van der Waals surface area contributed by atoms with Crippen LogP contribution in [0.2, 0.25) is 0 Å². The highest BCUT2D eigenvalue weighted by Gasteiger charge is 2.19. The van der Waals surface area contributed by atoms with E-state index in [1.54, 1.807) is 4.57 Å². The molecule has 1 unspecified atom stereocenters. The number of pyridine rings is 1. The zero-order chi connectivity index (χ0) is 12.5. The Balaban J connectivity index is 2.19. The van der Waals surface area contributed by atoms with E-state index in [4.69, 9.17) is 10.5 Å². The first kappa shape index (κ1) is 11.3. The smallest absolute Gasteiger partial charge is 0.260 e. The van der Waals surface area contributed by atoms with Crippen LogP contribution in [-0.2, 0) is 4.74 Å². The summed E-state index contributed by atoms with van der Waals surface area (Å²) in [5, 5.41) is 1.62. The summed E-state index contributed by atoms with van der Waals surface area (Å²) < 4.78 is 7.13. The molecular weight excluding hydrogens is 228 g/mol. The molecule has 3 rings (SSSR count). The maximum absolute atomic E-state index is 12.5. The van der Waals surface area contributed by atoms with Crippen LogP contribution in [0.15, 0.2) is 35.1 Å². The number of anilines is 1. The summed E-state index contributed by atoms with van der Waals surface area (Å²) >= 11 is 0. The van der Waals surface area contributed by atoms with Gasteiger partial charge >= 0.3 is 0 Å². The lowest BCUT2D eigenvalue weighted by Gasteiger charge is -2.25. The Bertz CT molecular complexity index is 627. The fourth-order valence-corrected chi connectivity index (χ4v) is 2.60. The zero-order valence-corrected chi connectivity index (χ0v) is 10.1. The fraction of sp³-hybridized carbons (Fsp3) is 0.357. The van der Waals surface area contributed by atoms with Crippen LogP contribution in [0.3, 0.4) is 0 Å². The van der Waals surface area contributed by atoms with Crippen molar-refractivity contribution in [1.29, 1.82) is 0 Å². The molecule has 0 spiro atoms. The van der Waals surface area contributed by atoms with Gasteiger partial charge in [0.25, 0.3) is 5.56 Å². The number of nitrogens with two attached hydrogens (primary N) is 1. The molecule has 1 aromatic heterocycles. The summed E-state index contributed by atoms with van der Waals surface area (Å²) in [5.41, 5.74) is 6.01. The van der Waals surface area contributed by atoms with Gasteiger partial charge in [-0.15, -0.1) is 0 Å². The predicted octanol–water partition coefficient (Wildman–Crippen LogP) is 1.94. The minimum atomic E-state index is -0.0129. The van der Waals surface area contributed by atoms with Crippen molar-refractivity contribution in [3.05, 3.63) is 40.7 Å². The number of ether oxygens (including phenoxy) is 1. The molecule has 2 heterocycles. The topological polar surface area (TPSA) is 57.2 Å². The van der Waals surface area contributed by atoms with Crippen molar-refractivity contribution in [2.45, 2.75) is 18.9 Å². The fourth-order valence-electron chi connectivity index (χ4n) is 2.60. The SMILES string of the molecule is Nc1cc2ccccc2c(=O)n1C1CCCOC1. The highest BCUT2D eigenvalue weighted by molar-refractivity contribution is 5.83. The first-order chi connectivity index (χ1) is 8.77. The Labute approximate surface area is 105 Å². The number of aromatic nitrogens is 1. The van der Waals surface area contributed by atoms with E-state index in [0.717, 1.165) is 30.2 Å². The van der Waals surface area contributed by atoms with E-state index in [0.29, 0.717) is 12.4 Å². The predicted molar refractivity (Wildman–Crippen MR) is 71.7 cm³/mol. The monoisotopic (exact) mass is 244 g/mol. The van der Waals surface area contributed by atoms with Crippen LogP contribution in [0.1, 0.15) is 18.9 Å². The summed E-state index contributed by atoms with van der Waals surface area (Å²) in [6.45, 7) is 1.35. The van der Waals surface area contributed by atoms with Gasteiger partial charge in [-0.05, 0) is 30.4 Å². The number of fused-ring (bicyclic) bond motifs is 1. The number of hydrogen-bond donors (Lipinski definition) is 1. The zero-order valence-electron chi connectivity index (χ0n) is 10.1. The lowest BCUT2D eigenvalue weighted by atomic mass is 10.1. The number of nitrogen functional groups attached to an aromatic ring is 1. The molecule has 1 aromatic carbocycles. The maximum Gasteiger partial charge on any atom is 0.260 e. The third-order valence-corrected chi connectivity index (χ3v) is 3.49. The van der Waals surface area contributed by atoms with Gasteiger partial charge in [0.2, 0.25) is 0 Å². The van der Waals surface area contributed by atoms with Crippen molar-refractivity contribution >= 4 is 16.6 Å². The molecule has 4 heteroatoms. The molecular formula is C14H16N2O2. The van der Waals surface area contributed by atoms with E-state index in [1.165, 1.54) is 0 Å². The van der Waals surface area contributed by atoms with Gasteiger partial charge in [-0.2, -0.15) is 0 Å². The van der Waals surface area contributed by atoms with Crippen molar-refractivity contribution in [2.24, 2.45) is 0 Å². The lowest BCUT2D eigenvalue weighted by Crippen LogP contribution is -2.32. The third-order valence-electron chi connectivity index (χ3n) is 3.49. The Morgan fingerprint density at radius 2 is 2.17 bits per heavy atom. The Morgan fingerprint density at radius 3 is 2.94 bits per heavy atom. The highest BCUT2D eigenvalue weighted by Crippen LogP contribution is 2.22. The standard InChI is InChI=1S/C14H16N2O2/c15-13-8-10-4-1-2-6-12(10)14(17)16(13)11-5-3-7-18-9-11/h1-2,4,6,8,11H,3,5,7,9,15H2. The minimum Gasteiger partial charge on any atom is -0.385 e. The van der Waals surface area contributed by atoms with E-state index in [-0.39, 0.29) is 11.6 Å². The normalized spacial score (nSPS) is 20.1. The van der Waals surface area contributed by atoms with Crippen LogP contribution in [0.25, 0.3) is 10.8 Å². The molecule has 1 aliphatic heterocycles. The van der Waals surface area contributed by atoms with Crippen LogP contribution in [0.5, 0.6) is 0 Å². The molecule has 2 N–H and O–H groups in total. The Hall–Kier alpha value is -1.81. The van der Waals surface area contributed by atoms with Crippen LogP contribution < -0.4 is 11.3 Å². The number of benzene rings is 1. The van der Waals surface area contributed by atoms with E-state index in [9.17, 15) is 4.79 Å². The second kappa shape index (κ2) is 4.46. The molecule has 1 fully saturated rings. The maximum atomic E-state index is 12.5. The molecule has 0 amide bonds. The number of hydrogen-bond acceptors (Lipinski definition) is 3. The van der Waals surface area contributed by atoms with Crippen LogP contribution in [-0.4, -0.2) is 17.8 Å². The van der Waals surface area contributed by atoms with Crippen molar-refractivity contribution in [2.75, 3.05) is 18.9 Å². The van der Waals surface area contributed by atoms with Gasteiger partial charge in [0.15, 0.2) is 0 Å². The van der Waals surface area contributed by atoms with Gasteiger partial charge in [-0.3, -0.25) is 9.36 Å². The van der Waals surface area contributed by atoms with Gasteiger partial charge < -0.3 is 10.5 Å². The quantitative estimate of drug-likeness (QED) is 0.834. The molecule has 2 aromatic rings. The molecule has 1 saturated heterocycles. The summed E-state index contributed by atoms with van der Waals surface area (Å²) in [6.07, 6.45) is 1.92. The van der Waals surface area contributed by atoms with Crippen molar-refractivity contribution in [1.82, 2.24) is 4.57 Å². The Morgan fingerprint density at radius 1 is 1.33 bits per heavy atom. The van der Waals surface area contributed by atoms with Gasteiger partial charge in [-0.25, -0.2) is 0 Å². The average Bonchev–Trinajstić information content (AvgIpc) is 2.40. The van der Waals surface area contributed by atoms with Gasteiger partial charge in [-0.1, -0.05) is 18.2 Å². The molecule has 0 bridgehead atoms. The average molecular weight is 244 g/mol. The Kier molecular flexibility index (Phi) is 2.80. The molecule has 1 atom stereocenters. The largest absolute Gasteiger partial charge is 0.385 e. The second-order valence-corrected chi connectivity index (χ2v) is 4.70. The van der Waals surface area contributed by atoms with E-state index in [1.807, 2.05) is 30.3 Å². The molecule has 18 heavy (non-hydrogen) atoms. The van der Waals surface area contributed by atoms with Crippen LogP contribution in [0, 0.1) is 0 Å². The molecule has 0 aliphatic carbocycles. The van der Waals surface area contributed by atoms with Gasteiger partial charge in [0.05, 0.1) is 12.6 Å². The summed E-state index contributed by atoms with van der Waals surface area (Å²) in [5.74, 6) is 0.522. The summed E-state index contributed by atoms with van der Waals surface area (Å²) in [6, 6.07) is 9.48. The van der Waals surface area contributed by atoms with E-state index < -0.39 is 0 Å². The third kappa shape index (κ3) is 1.78. The van der Waals surface area contributed by atoms with Crippen LogP contribution >= 0.6 is 0 Å². The number of rotatable bonds is 1. The summed E-state index contributed by atoms with van der Waals surface area (Å²) in [4.78, 5) is 12.5. The number of nitrogens with zero attached hydrogens (tertiary/aromatic N) is 1. The minimum absolute atomic E-state index is 0.0129. The lowest BCUT2D eigenvalue weighted by molar-refractivity contribution is 0.0589. The van der Waals surface area contributed by atoms with E-state index >= 15 is 0 Å². The van der Waals surface area contributed by atoms with Crippen molar-refractivity contribution in [3.8, 4) is 0 Å². The summed E-state index contributed by atoms with van der Waals surface area (Å²) in [7, 11) is 0. The highest BCUT2D eigenvalue weighted by atomic mass is 16.5. The molecule has 4 nitrogen and oxygen atoms in total. The first-order valence-corrected chi connectivity index (χ1v) is 6.25. The second-order valence-electron chi connectivity index (χ2n) is 4.70. The molecule has 1 aliphatic rings. The molecule has 94 valence electrons. The van der Waals surface area contributed by atoms with Gasteiger partial charge in [0.1, 0.15) is 5.82 Å². The molecule has 0 radical (unpaired) electrons. The molecule has 0 saturated carbocycles. The van der Waals surface area contributed by atoms with Crippen molar-refractivity contribution in [3.63, 3.8) is 0 Å².